The number of allylic oxidation sites excluding steroid dienone is 6. The first-order valence-corrected chi connectivity index (χ1v) is 14.8. The van der Waals surface area contributed by atoms with E-state index in [2.05, 4.69) is 87.5 Å². The maximum absolute atomic E-state index is 6.39. The van der Waals surface area contributed by atoms with Gasteiger partial charge in [0.25, 0.3) is 5.97 Å². The molecule has 0 spiro atoms. The van der Waals surface area contributed by atoms with Crippen LogP contribution in [0.15, 0.2) is 34.9 Å². The van der Waals surface area contributed by atoms with Gasteiger partial charge in [0.15, 0.2) is 0 Å². The van der Waals surface area contributed by atoms with Gasteiger partial charge in [-0.2, -0.15) is 0 Å². The van der Waals surface area contributed by atoms with Gasteiger partial charge in [0.2, 0.25) is 0 Å². The zero-order valence-electron chi connectivity index (χ0n) is 25.9. The van der Waals surface area contributed by atoms with Crippen LogP contribution in [0.1, 0.15) is 133 Å². The van der Waals surface area contributed by atoms with Gasteiger partial charge in [-0.1, -0.05) is 62.6 Å². The van der Waals surface area contributed by atoms with Crippen LogP contribution >= 0.6 is 0 Å². The van der Waals surface area contributed by atoms with Crippen LogP contribution in [0.4, 0.5) is 0 Å². The highest BCUT2D eigenvalue weighted by molar-refractivity contribution is 4.94. The van der Waals surface area contributed by atoms with Crippen molar-refractivity contribution in [3.8, 4) is 0 Å². The Kier molecular flexibility index (Phi) is 20.6. The highest BCUT2D eigenvalue weighted by atomic mass is 16.9. The minimum atomic E-state index is -0.918. The van der Waals surface area contributed by atoms with Crippen molar-refractivity contribution in [1.82, 2.24) is 0 Å². The van der Waals surface area contributed by atoms with Crippen LogP contribution in [0.25, 0.3) is 0 Å². The van der Waals surface area contributed by atoms with E-state index in [1.807, 2.05) is 0 Å². The van der Waals surface area contributed by atoms with E-state index in [0.717, 1.165) is 38.5 Å². The van der Waals surface area contributed by atoms with Crippen molar-refractivity contribution in [2.45, 2.75) is 139 Å². The fourth-order valence-electron chi connectivity index (χ4n) is 4.08. The molecule has 0 heterocycles. The predicted octanol–water partition coefficient (Wildman–Crippen LogP) is 10.4. The first-order chi connectivity index (χ1) is 17.0. The molecule has 0 aliphatic heterocycles. The fraction of sp³-hybridized carbons (Fsp3) is 0.818. The second-order valence-electron chi connectivity index (χ2n) is 11.8. The van der Waals surface area contributed by atoms with Crippen molar-refractivity contribution in [3.05, 3.63) is 34.9 Å². The Bertz CT molecular complexity index is 535. The van der Waals surface area contributed by atoms with Crippen LogP contribution in [-0.4, -0.2) is 25.8 Å². The van der Waals surface area contributed by atoms with Crippen LogP contribution in [0.3, 0.4) is 0 Å². The largest absolute Gasteiger partial charge is 0.327 e. The zero-order chi connectivity index (χ0) is 27.4. The van der Waals surface area contributed by atoms with Gasteiger partial charge < -0.3 is 14.2 Å². The third-order valence-corrected chi connectivity index (χ3v) is 6.87. The Morgan fingerprint density at radius 3 is 1.03 bits per heavy atom. The lowest BCUT2D eigenvalue weighted by molar-refractivity contribution is -0.383. The molecule has 0 aliphatic rings. The minimum absolute atomic E-state index is 0.625. The van der Waals surface area contributed by atoms with E-state index in [-0.39, 0.29) is 0 Å². The molecule has 3 unspecified atom stereocenters. The summed E-state index contributed by atoms with van der Waals surface area (Å²) >= 11 is 0. The van der Waals surface area contributed by atoms with Gasteiger partial charge in [-0.15, -0.1) is 0 Å². The van der Waals surface area contributed by atoms with Crippen LogP contribution in [0.5, 0.6) is 0 Å². The molecule has 0 rings (SSSR count). The SMILES string of the molecule is CCC(OCCC(C)CCC=C(C)C)(OCCC(C)CCC=C(C)C)OCCC(C)CCC=C(C)C. The normalized spacial score (nSPS) is 15.5. The molecule has 0 N–H and O–H groups in total. The smallest absolute Gasteiger partial charge is 0.282 e. The summed E-state index contributed by atoms with van der Waals surface area (Å²) in [5.41, 5.74) is 4.20. The summed E-state index contributed by atoms with van der Waals surface area (Å²) in [4.78, 5) is 0. The van der Waals surface area contributed by atoms with Gasteiger partial charge in [-0.25, -0.2) is 0 Å². The molecule has 3 nitrogen and oxygen atoms in total. The summed E-state index contributed by atoms with van der Waals surface area (Å²) in [6.45, 7) is 24.1. The standard InChI is InChI=1S/C33H62O3/c1-11-33(34-24-21-30(8)18-12-15-27(2)3,35-25-22-31(9)19-13-16-28(4)5)36-26-23-32(10)20-14-17-29(6)7/h15-17,30-32H,11-14,18-26H2,1-10H3. The monoisotopic (exact) mass is 506 g/mol. The van der Waals surface area contributed by atoms with Gasteiger partial charge in [-0.05, 0) is 117 Å². The molecule has 0 aromatic carbocycles. The summed E-state index contributed by atoms with van der Waals surface area (Å²) in [7, 11) is 0. The second-order valence-corrected chi connectivity index (χ2v) is 11.8. The van der Waals surface area contributed by atoms with E-state index >= 15 is 0 Å². The topological polar surface area (TPSA) is 27.7 Å². The van der Waals surface area contributed by atoms with E-state index in [1.54, 1.807) is 0 Å². The first kappa shape index (κ1) is 35.1. The summed E-state index contributed by atoms with van der Waals surface area (Å²) in [6, 6.07) is 0. The molecule has 0 radical (unpaired) electrons. The third-order valence-electron chi connectivity index (χ3n) is 6.87. The van der Waals surface area contributed by atoms with Crippen molar-refractivity contribution in [2.75, 3.05) is 19.8 Å². The summed E-state index contributed by atoms with van der Waals surface area (Å²) in [5, 5.41) is 0. The highest BCUT2D eigenvalue weighted by Crippen LogP contribution is 2.25. The number of hydrogen-bond acceptors (Lipinski definition) is 3. The Hall–Kier alpha value is -0.900. The van der Waals surface area contributed by atoms with Gasteiger partial charge in [-0.3, -0.25) is 0 Å². The van der Waals surface area contributed by atoms with Crippen molar-refractivity contribution in [2.24, 2.45) is 17.8 Å². The number of ether oxygens (including phenoxy) is 3. The minimum Gasteiger partial charge on any atom is -0.327 e. The molecule has 0 aromatic rings. The lowest BCUT2D eigenvalue weighted by Crippen LogP contribution is -2.40. The van der Waals surface area contributed by atoms with Crippen LogP contribution < -0.4 is 0 Å². The molecule has 0 amide bonds. The summed E-state index contributed by atoms with van der Waals surface area (Å²) in [6.07, 6.45) is 17.8. The molecular weight excluding hydrogens is 444 g/mol. The quantitative estimate of drug-likeness (QED) is 0.108. The zero-order valence-corrected chi connectivity index (χ0v) is 25.9. The molecule has 0 aliphatic carbocycles. The fourth-order valence-corrected chi connectivity index (χ4v) is 4.08. The van der Waals surface area contributed by atoms with Crippen LogP contribution in [0.2, 0.25) is 0 Å². The maximum Gasteiger partial charge on any atom is 0.282 e. The van der Waals surface area contributed by atoms with E-state index in [1.165, 1.54) is 36.0 Å². The molecule has 3 heteroatoms. The summed E-state index contributed by atoms with van der Waals surface area (Å²) < 4.78 is 19.2. The molecule has 0 bridgehead atoms. The Labute approximate surface area is 226 Å². The molecule has 0 saturated carbocycles. The lowest BCUT2D eigenvalue weighted by Gasteiger charge is -2.33. The van der Waals surface area contributed by atoms with E-state index in [0.29, 0.717) is 44.0 Å². The van der Waals surface area contributed by atoms with Gasteiger partial charge in [0, 0.05) is 6.42 Å². The van der Waals surface area contributed by atoms with Gasteiger partial charge in [0.05, 0.1) is 19.8 Å². The molecule has 0 saturated heterocycles. The van der Waals surface area contributed by atoms with Crippen molar-refractivity contribution < 1.29 is 14.2 Å². The Morgan fingerprint density at radius 2 is 0.806 bits per heavy atom. The molecule has 212 valence electrons. The van der Waals surface area contributed by atoms with Crippen molar-refractivity contribution in [1.29, 1.82) is 0 Å². The second kappa shape index (κ2) is 21.1. The highest BCUT2D eigenvalue weighted by Gasteiger charge is 2.32. The molecule has 36 heavy (non-hydrogen) atoms. The Morgan fingerprint density at radius 1 is 0.528 bits per heavy atom. The summed E-state index contributed by atoms with van der Waals surface area (Å²) in [5.74, 6) is 0.958. The van der Waals surface area contributed by atoms with E-state index in [9.17, 15) is 0 Å². The van der Waals surface area contributed by atoms with E-state index < -0.39 is 5.97 Å². The average Bonchev–Trinajstić information content (AvgIpc) is 2.78. The molecule has 0 fully saturated rings. The van der Waals surface area contributed by atoms with Crippen LogP contribution in [-0.2, 0) is 14.2 Å². The molecule has 3 atom stereocenters. The van der Waals surface area contributed by atoms with Crippen LogP contribution in [0, 0.1) is 17.8 Å². The third kappa shape index (κ3) is 20.2. The van der Waals surface area contributed by atoms with Gasteiger partial charge >= 0.3 is 0 Å². The number of hydrogen-bond donors (Lipinski definition) is 0. The first-order valence-electron chi connectivity index (χ1n) is 14.8. The van der Waals surface area contributed by atoms with Crippen molar-refractivity contribution >= 4 is 0 Å². The Balaban J connectivity index is 4.83. The maximum atomic E-state index is 6.39. The number of rotatable bonds is 22. The predicted molar refractivity (Wildman–Crippen MR) is 158 cm³/mol. The molecule has 0 aromatic heterocycles. The molecular formula is C33H62O3. The lowest BCUT2D eigenvalue weighted by atomic mass is 10.0. The average molecular weight is 507 g/mol. The van der Waals surface area contributed by atoms with Gasteiger partial charge in [0.1, 0.15) is 0 Å². The van der Waals surface area contributed by atoms with E-state index in [4.69, 9.17) is 14.2 Å². The van der Waals surface area contributed by atoms with Crippen molar-refractivity contribution in [3.63, 3.8) is 0 Å².